The van der Waals surface area contributed by atoms with E-state index in [9.17, 15) is 0 Å². The molecule has 0 atom stereocenters. The van der Waals surface area contributed by atoms with Crippen molar-refractivity contribution in [2.75, 3.05) is 13.7 Å². The topological polar surface area (TPSA) is 52.1 Å². The van der Waals surface area contributed by atoms with Gasteiger partial charge in [-0.1, -0.05) is 29.8 Å². The molecule has 0 spiro atoms. The Bertz CT molecular complexity index is 748. The van der Waals surface area contributed by atoms with Crippen LogP contribution in [0.1, 0.15) is 31.9 Å². The summed E-state index contributed by atoms with van der Waals surface area (Å²) in [5.74, 6) is 1.99. The molecule has 5 nitrogen and oxygen atoms in total. The van der Waals surface area contributed by atoms with Crippen molar-refractivity contribution in [2.45, 2.75) is 33.4 Å². The van der Waals surface area contributed by atoms with Crippen molar-refractivity contribution in [3.63, 3.8) is 0 Å². The lowest BCUT2D eigenvalue weighted by Gasteiger charge is -2.16. The zero-order chi connectivity index (χ0) is 18.9. The lowest BCUT2D eigenvalue weighted by molar-refractivity contribution is 0.224. The summed E-state index contributed by atoms with van der Waals surface area (Å²) < 4.78 is 16.7. The van der Waals surface area contributed by atoms with Gasteiger partial charge in [-0.15, -0.1) is 0 Å². The van der Waals surface area contributed by atoms with Crippen LogP contribution in [-0.4, -0.2) is 26.0 Å². The lowest BCUT2D eigenvalue weighted by Crippen LogP contribution is -2.09. The highest BCUT2D eigenvalue weighted by Crippen LogP contribution is 2.37. The maximum Gasteiger partial charge on any atom is 0.180 e. The highest BCUT2D eigenvalue weighted by Gasteiger charge is 2.13. The average molecular weight is 377 g/mol. The van der Waals surface area contributed by atoms with Crippen molar-refractivity contribution in [3.05, 3.63) is 52.5 Å². The molecule has 0 heterocycles. The largest absolute Gasteiger partial charge is 0.496 e. The minimum Gasteiger partial charge on any atom is -0.496 e. The molecule has 2 rings (SSSR count). The molecule has 0 fully saturated rings. The first-order chi connectivity index (χ1) is 12.5. The number of nitrogens with zero attached hydrogens (tertiary/aromatic N) is 1. The Hall–Kier alpha value is -2.40. The van der Waals surface area contributed by atoms with Gasteiger partial charge in [0.25, 0.3) is 0 Å². The van der Waals surface area contributed by atoms with E-state index < -0.39 is 0 Å². The number of ether oxygens (including phenoxy) is 3. The van der Waals surface area contributed by atoms with E-state index in [4.69, 9.17) is 25.8 Å². The molecule has 140 valence electrons. The highest BCUT2D eigenvalue weighted by atomic mass is 35.5. The maximum atomic E-state index is 6.36. The van der Waals surface area contributed by atoms with Crippen molar-refractivity contribution in [1.82, 2.24) is 5.43 Å². The number of hydrazone groups is 1. The maximum absolute atomic E-state index is 6.36. The van der Waals surface area contributed by atoms with E-state index in [-0.39, 0.29) is 6.10 Å². The van der Waals surface area contributed by atoms with Crippen molar-refractivity contribution in [2.24, 2.45) is 5.10 Å². The Labute approximate surface area is 159 Å². The van der Waals surface area contributed by atoms with Gasteiger partial charge in [0.05, 0.1) is 37.6 Å². The first kappa shape index (κ1) is 19.9. The summed E-state index contributed by atoms with van der Waals surface area (Å²) in [6, 6.07) is 11.5. The van der Waals surface area contributed by atoms with Crippen LogP contribution < -0.4 is 19.6 Å². The summed E-state index contributed by atoms with van der Waals surface area (Å²) >= 11 is 6.36. The Morgan fingerprint density at radius 1 is 1.19 bits per heavy atom. The van der Waals surface area contributed by atoms with Crippen molar-refractivity contribution in [1.29, 1.82) is 0 Å². The van der Waals surface area contributed by atoms with Crippen LogP contribution in [0.4, 0.5) is 0 Å². The molecule has 0 saturated heterocycles. The number of hydrogen-bond donors (Lipinski definition) is 1. The van der Waals surface area contributed by atoms with Crippen molar-refractivity contribution in [3.8, 4) is 17.2 Å². The quantitative estimate of drug-likeness (QED) is 0.511. The second kappa shape index (κ2) is 9.92. The second-order valence-electron chi connectivity index (χ2n) is 5.83. The van der Waals surface area contributed by atoms with Crippen LogP contribution in [0, 0.1) is 0 Å². The molecule has 0 saturated carbocycles. The molecule has 1 N–H and O–H groups in total. The van der Waals surface area contributed by atoms with Crippen LogP contribution in [0.15, 0.2) is 41.5 Å². The van der Waals surface area contributed by atoms with E-state index in [1.54, 1.807) is 19.4 Å². The summed E-state index contributed by atoms with van der Waals surface area (Å²) in [5, 5.41) is 4.76. The predicted molar refractivity (Wildman–Crippen MR) is 106 cm³/mol. The van der Waals surface area contributed by atoms with Crippen LogP contribution >= 0.6 is 11.6 Å². The smallest absolute Gasteiger partial charge is 0.180 e. The fourth-order valence-electron chi connectivity index (χ4n) is 2.38. The number of para-hydroxylation sites is 1. The Balaban J connectivity index is 2.09. The number of benzene rings is 2. The average Bonchev–Trinajstić information content (AvgIpc) is 2.62. The molecule has 2 aromatic rings. The van der Waals surface area contributed by atoms with E-state index in [2.05, 4.69) is 10.5 Å². The third-order valence-corrected chi connectivity index (χ3v) is 3.73. The molecular formula is C20H25ClN2O3. The third-order valence-electron chi connectivity index (χ3n) is 3.45. The molecule has 0 aromatic heterocycles. The number of methoxy groups -OCH3 is 1. The molecule has 0 bridgehead atoms. The van der Waals surface area contributed by atoms with E-state index in [1.165, 1.54) is 0 Å². The van der Waals surface area contributed by atoms with Crippen LogP contribution in [0.25, 0.3) is 0 Å². The third kappa shape index (κ3) is 5.56. The highest BCUT2D eigenvalue weighted by molar-refractivity contribution is 6.32. The molecule has 0 aliphatic carbocycles. The van der Waals surface area contributed by atoms with Gasteiger partial charge >= 0.3 is 0 Å². The summed E-state index contributed by atoms with van der Waals surface area (Å²) in [4.78, 5) is 0. The Morgan fingerprint density at radius 2 is 1.96 bits per heavy atom. The van der Waals surface area contributed by atoms with Gasteiger partial charge in [-0.25, -0.2) is 0 Å². The molecule has 2 aromatic carbocycles. The normalized spacial score (nSPS) is 11.0. The SMILES string of the molecule is CCOc1cc(/C=N\NCc2ccccc2OC)cc(Cl)c1OC(C)C. The van der Waals surface area contributed by atoms with Gasteiger partial charge in [-0.3, -0.25) is 0 Å². The summed E-state index contributed by atoms with van der Waals surface area (Å²) in [7, 11) is 1.65. The van der Waals surface area contributed by atoms with Gasteiger partial charge in [0.15, 0.2) is 11.5 Å². The van der Waals surface area contributed by atoms with Gasteiger partial charge < -0.3 is 19.6 Å². The molecule has 0 radical (unpaired) electrons. The molecular weight excluding hydrogens is 352 g/mol. The van der Waals surface area contributed by atoms with E-state index in [0.717, 1.165) is 16.9 Å². The van der Waals surface area contributed by atoms with Crippen LogP contribution in [0.5, 0.6) is 17.2 Å². The molecule has 6 heteroatoms. The standard InChI is InChI=1S/C20H25ClN2O3/c1-5-25-19-11-15(10-17(21)20(19)26-14(2)3)12-22-23-13-16-8-6-7-9-18(16)24-4/h6-12,14,23H,5,13H2,1-4H3/b22-12-. The van der Waals surface area contributed by atoms with E-state index >= 15 is 0 Å². The minimum absolute atomic E-state index is 0.00810. The number of nitrogens with one attached hydrogen (secondary N) is 1. The second-order valence-corrected chi connectivity index (χ2v) is 6.24. The Morgan fingerprint density at radius 3 is 2.65 bits per heavy atom. The molecule has 26 heavy (non-hydrogen) atoms. The number of hydrogen-bond acceptors (Lipinski definition) is 5. The first-order valence-electron chi connectivity index (χ1n) is 8.56. The molecule has 0 aliphatic heterocycles. The van der Waals surface area contributed by atoms with Gasteiger partial charge in [0.2, 0.25) is 0 Å². The fraction of sp³-hybridized carbons (Fsp3) is 0.350. The predicted octanol–water partition coefficient (Wildman–Crippen LogP) is 4.66. The van der Waals surface area contributed by atoms with E-state index in [1.807, 2.05) is 51.1 Å². The monoisotopic (exact) mass is 376 g/mol. The zero-order valence-electron chi connectivity index (χ0n) is 15.6. The first-order valence-corrected chi connectivity index (χ1v) is 8.93. The van der Waals surface area contributed by atoms with Crippen LogP contribution in [-0.2, 0) is 6.54 Å². The lowest BCUT2D eigenvalue weighted by atomic mass is 10.2. The number of rotatable bonds is 9. The summed E-state index contributed by atoms with van der Waals surface area (Å²) in [6.07, 6.45) is 1.71. The van der Waals surface area contributed by atoms with Gasteiger partial charge in [0, 0.05) is 5.56 Å². The van der Waals surface area contributed by atoms with Gasteiger partial charge in [-0.2, -0.15) is 5.10 Å². The number of halogens is 1. The van der Waals surface area contributed by atoms with Gasteiger partial charge in [-0.05, 0) is 44.5 Å². The van der Waals surface area contributed by atoms with Crippen molar-refractivity contribution >= 4 is 17.8 Å². The zero-order valence-corrected chi connectivity index (χ0v) is 16.3. The van der Waals surface area contributed by atoms with Gasteiger partial charge in [0.1, 0.15) is 5.75 Å². The molecule has 0 aliphatic rings. The van der Waals surface area contributed by atoms with E-state index in [0.29, 0.717) is 29.7 Å². The molecule has 0 unspecified atom stereocenters. The van der Waals surface area contributed by atoms with Crippen molar-refractivity contribution < 1.29 is 14.2 Å². The minimum atomic E-state index is 0.00810. The molecule has 0 amide bonds. The summed E-state index contributed by atoms with van der Waals surface area (Å²) in [6.45, 7) is 6.90. The Kier molecular flexibility index (Phi) is 7.60. The van der Waals surface area contributed by atoms with Crippen LogP contribution in [0.2, 0.25) is 5.02 Å². The fourth-order valence-corrected chi connectivity index (χ4v) is 2.64. The van der Waals surface area contributed by atoms with Crippen LogP contribution in [0.3, 0.4) is 0 Å². The summed E-state index contributed by atoms with van der Waals surface area (Å²) in [5.41, 5.74) is 4.87.